The quantitative estimate of drug-likeness (QED) is 0.725. The van der Waals surface area contributed by atoms with Gasteiger partial charge in [-0.05, 0) is 48.9 Å². The Morgan fingerprint density at radius 3 is 2.43 bits per heavy atom. The van der Waals surface area contributed by atoms with E-state index in [1.165, 1.54) is 0 Å². The van der Waals surface area contributed by atoms with Gasteiger partial charge >= 0.3 is 0 Å². The molecule has 0 aliphatic carbocycles. The molecular weight excluding hydrogens is 354 g/mol. The van der Waals surface area contributed by atoms with Crippen molar-refractivity contribution in [2.24, 2.45) is 5.73 Å². The Labute approximate surface area is 162 Å². The molecule has 1 aliphatic heterocycles. The lowest BCUT2D eigenvalue weighted by Gasteiger charge is -2.27. The van der Waals surface area contributed by atoms with Crippen LogP contribution in [0, 0.1) is 0 Å². The second-order valence-electron chi connectivity index (χ2n) is 6.86. The average molecular weight is 375 g/mol. The maximum Gasteiger partial charge on any atom is 0.248 e. The van der Waals surface area contributed by atoms with Gasteiger partial charge in [0.2, 0.25) is 11.9 Å². The summed E-state index contributed by atoms with van der Waals surface area (Å²) in [6, 6.07) is 11.2. The number of nitrogens with zero attached hydrogens (tertiary/aromatic N) is 5. The molecule has 8 nitrogen and oxygen atoms in total. The molecule has 0 saturated heterocycles. The minimum atomic E-state index is -0.496. The van der Waals surface area contributed by atoms with E-state index in [9.17, 15) is 4.79 Å². The molecule has 0 saturated carbocycles. The molecule has 2 aromatic heterocycles. The summed E-state index contributed by atoms with van der Waals surface area (Å²) in [5, 5.41) is 7.84. The molecule has 142 valence electrons. The molecule has 3 heterocycles. The SMILES string of the molecule is CC1=C(C(N)=O)C(c2ccncc2)n2nc(-c3ccc(N(C)C)cc3)nc2N1. The Kier molecular flexibility index (Phi) is 4.31. The van der Waals surface area contributed by atoms with Crippen molar-refractivity contribution in [2.75, 3.05) is 24.3 Å². The largest absolute Gasteiger partial charge is 0.378 e. The molecule has 3 N–H and O–H groups in total. The van der Waals surface area contributed by atoms with Gasteiger partial charge in [-0.2, -0.15) is 4.98 Å². The molecule has 0 spiro atoms. The van der Waals surface area contributed by atoms with E-state index in [1.807, 2.05) is 62.3 Å². The highest BCUT2D eigenvalue weighted by atomic mass is 16.1. The molecule has 1 unspecified atom stereocenters. The number of aromatic nitrogens is 4. The Morgan fingerprint density at radius 1 is 1.14 bits per heavy atom. The van der Waals surface area contributed by atoms with Crippen molar-refractivity contribution in [2.45, 2.75) is 13.0 Å². The number of carbonyl (C=O) groups excluding carboxylic acids is 1. The van der Waals surface area contributed by atoms with Gasteiger partial charge in [0.15, 0.2) is 5.82 Å². The Morgan fingerprint density at radius 2 is 1.82 bits per heavy atom. The van der Waals surface area contributed by atoms with Crippen LogP contribution in [0.25, 0.3) is 11.4 Å². The molecule has 3 aromatic rings. The number of allylic oxidation sites excluding steroid dienone is 1. The van der Waals surface area contributed by atoms with Gasteiger partial charge < -0.3 is 16.0 Å². The van der Waals surface area contributed by atoms with Crippen molar-refractivity contribution in [3.8, 4) is 11.4 Å². The summed E-state index contributed by atoms with van der Waals surface area (Å²) in [4.78, 5) is 22.9. The monoisotopic (exact) mass is 375 g/mol. The fourth-order valence-electron chi connectivity index (χ4n) is 3.36. The Bertz CT molecular complexity index is 1050. The molecule has 1 amide bonds. The van der Waals surface area contributed by atoms with Crippen LogP contribution in [0.3, 0.4) is 0 Å². The highest BCUT2D eigenvalue weighted by Crippen LogP contribution is 2.35. The normalized spacial score (nSPS) is 15.8. The fourth-order valence-corrected chi connectivity index (χ4v) is 3.36. The van der Waals surface area contributed by atoms with E-state index in [1.54, 1.807) is 17.1 Å². The second kappa shape index (κ2) is 6.80. The Hall–Kier alpha value is -3.68. The van der Waals surface area contributed by atoms with E-state index in [4.69, 9.17) is 5.73 Å². The summed E-state index contributed by atoms with van der Waals surface area (Å²) >= 11 is 0. The number of hydrogen-bond donors (Lipinski definition) is 2. The van der Waals surface area contributed by atoms with Gasteiger partial charge in [0.1, 0.15) is 6.04 Å². The van der Waals surface area contributed by atoms with Gasteiger partial charge in [-0.3, -0.25) is 9.78 Å². The summed E-state index contributed by atoms with van der Waals surface area (Å²) in [6.07, 6.45) is 3.37. The minimum absolute atomic E-state index is 0.457. The third-order valence-electron chi connectivity index (χ3n) is 4.78. The number of rotatable bonds is 4. The number of nitrogens with one attached hydrogen (secondary N) is 1. The predicted molar refractivity (Wildman–Crippen MR) is 108 cm³/mol. The topological polar surface area (TPSA) is 102 Å². The standard InChI is InChI=1S/C20H21N7O/c1-12-16(18(21)28)17(13-8-10-22-11-9-13)27-20(23-12)24-19(25-27)14-4-6-15(7-5-14)26(2)3/h4-11,17H,1-3H3,(H2,21,28)(H,23,24,25). The first-order valence-electron chi connectivity index (χ1n) is 8.87. The summed E-state index contributed by atoms with van der Waals surface area (Å²) in [5.41, 5.74) is 9.66. The molecule has 4 rings (SSSR count). The number of nitrogens with two attached hydrogens (primary N) is 1. The van der Waals surface area contributed by atoms with E-state index in [0.29, 0.717) is 23.0 Å². The molecule has 1 aliphatic rings. The first-order chi connectivity index (χ1) is 13.5. The van der Waals surface area contributed by atoms with E-state index in [-0.39, 0.29) is 0 Å². The van der Waals surface area contributed by atoms with Crippen molar-refractivity contribution in [1.82, 2.24) is 19.7 Å². The molecule has 0 fully saturated rings. The van der Waals surface area contributed by atoms with Crippen LogP contribution in [0.5, 0.6) is 0 Å². The minimum Gasteiger partial charge on any atom is -0.378 e. The highest BCUT2D eigenvalue weighted by molar-refractivity contribution is 5.95. The summed E-state index contributed by atoms with van der Waals surface area (Å²) in [6.45, 7) is 1.82. The molecule has 0 bridgehead atoms. The van der Waals surface area contributed by atoms with Crippen molar-refractivity contribution in [3.63, 3.8) is 0 Å². The number of carbonyl (C=O) groups is 1. The van der Waals surface area contributed by atoms with E-state index >= 15 is 0 Å². The lowest BCUT2D eigenvalue weighted by Crippen LogP contribution is -2.31. The number of benzene rings is 1. The predicted octanol–water partition coefficient (Wildman–Crippen LogP) is 2.18. The van der Waals surface area contributed by atoms with Gasteiger partial charge in [-0.1, -0.05) is 0 Å². The van der Waals surface area contributed by atoms with Crippen molar-refractivity contribution >= 4 is 17.5 Å². The summed E-state index contributed by atoms with van der Waals surface area (Å²) < 4.78 is 1.71. The van der Waals surface area contributed by atoms with Crippen molar-refractivity contribution < 1.29 is 4.79 Å². The van der Waals surface area contributed by atoms with E-state index in [2.05, 4.69) is 20.4 Å². The third-order valence-corrected chi connectivity index (χ3v) is 4.78. The summed E-state index contributed by atoms with van der Waals surface area (Å²) in [5.74, 6) is 0.645. The number of hydrogen-bond acceptors (Lipinski definition) is 6. The van der Waals surface area contributed by atoms with Crippen LogP contribution in [0.2, 0.25) is 0 Å². The van der Waals surface area contributed by atoms with E-state index < -0.39 is 11.9 Å². The molecule has 0 radical (unpaired) electrons. The van der Waals surface area contributed by atoms with Crippen LogP contribution in [0.1, 0.15) is 18.5 Å². The lowest BCUT2D eigenvalue weighted by molar-refractivity contribution is -0.115. The molecular formula is C20H21N7O. The van der Waals surface area contributed by atoms with Gasteiger partial charge in [-0.15, -0.1) is 5.10 Å². The van der Waals surface area contributed by atoms with Gasteiger partial charge in [0.05, 0.1) is 5.57 Å². The first kappa shape index (κ1) is 17.7. The smallest absolute Gasteiger partial charge is 0.248 e. The van der Waals surface area contributed by atoms with Crippen LogP contribution in [0.4, 0.5) is 11.6 Å². The molecule has 28 heavy (non-hydrogen) atoms. The molecule has 1 aromatic carbocycles. The zero-order valence-corrected chi connectivity index (χ0v) is 15.9. The third kappa shape index (κ3) is 2.98. The number of anilines is 2. The lowest BCUT2D eigenvalue weighted by atomic mass is 9.96. The van der Waals surface area contributed by atoms with Crippen LogP contribution < -0.4 is 16.0 Å². The zero-order chi connectivity index (χ0) is 19.8. The molecule has 8 heteroatoms. The number of pyridine rings is 1. The second-order valence-corrected chi connectivity index (χ2v) is 6.86. The fraction of sp³-hybridized carbons (Fsp3) is 0.200. The number of amides is 1. The van der Waals surface area contributed by atoms with Crippen molar-refractivity contribution in [1.29, 1.82) is 0 Å². The zero-order valence-electron chi connectivity index (χ0n) is 15.9. The first-order valence-corrected chi connectivity index (χ1v) is 8.87. The van der Waals surface area contributed by atoms with Gasteiger partial charge in [0, 0.05) is 43.4 Å². The maximum atomic E-state index is 12.2. The number of primary amides is 1. The van der Waals surface area contributed by atoms with Crippen LogP contribution >= 0.6 is 0 Å². The maximum absolute atomic E-state index is 12.2. The van der Waals surface area contributed by atoms with Gasteiger partial charge in [0.25, 0.3) is 0 Å². The Balaban J connectivity index is 1.81. The van der Waals surface area contributed by atoms with Crippen LogP contribution in [-0.4, -0.2) is 39.8 Å². The van der Waals surface area contributed by atoms with Gasteiger partial charge in [-0.25, -0.2) is 4.68 Å². The van der Waals surface area contributed by atoms with Crippen LogP contribution in [-0.2, 0) is 4.79 Å². The highest BCUT2D eigenvalue weighted by Gasteiger charge is 2.33. The molecule has 1 atom stereocenters. The van der Waals surface area contributed by atoms with E-state index in [0.717, 1.165) is 16.8 Å². The summed E-state index contributed by atoms with van der Waals surface area (Å²) in [7, 11) is 3.98. The average Bonchev–Trinajstić information content (AvgIpc) is 3.11. The number of fused-ring (bicyclic) bond motifs is 1. The van der Waals surface area contributed by atoms with Crippen molar-refractivity contribution in [3.05, 3.63) is 65.6 Å². The van der Waals surface area contributed by atoms with Crippen LogP contribution in [0.15, 0.2) is 60.1 Å².